The summed E-state index contributed by atoms with van der Waals surface area (Å²) in [5.74, 6) is -9.44. The Kier molecular flexibility index (Phi) is 6.36. The summed E-state index contributed by atoms with van der Waals surface area (Å²) < 4.78 is 0. The van der Waals surface area contributed by atoms with Crippen molar-refractivity contribution in [2.24, 2.45) is 0 Å². The summed E-state index contributed by atoms with van der Waals surface area (Å²) in [7, 11) is 0. The number of hydrogen-bond donors (Lipinski definition) is 2. The molecular formula is C6H6N12O12. The molecular weight excluding hydrogens is 432 g/mol. The number of aromatic nitrogens is 4. The normalized spacial score (nSPS) is 11.2. The maximum Gasteiger partial charge on any atom is 0.717 e. The largest absolute Gasteiger partial charge is 0.717 e. The van der Waals surface area contributed by atoms with Crippen molar-refractivity contribution in [1.29, 1.82) is 0 Å². The molecule has 1 heterocycles. The van der Waals surface area contributed by atoms with E-state index in [1.165, 1.54) is 0 Å². The quantitative estimate of drug-likeness (QED) is 0.187. The summed E-state index contributed by atoms with van der Waals surface area (Å²) in [4.78, 5) is 53.8. The Labute approximate surface area is 159 Å². The van der Waals surface area contributed by atoms with Gasteiger partial charge in [-0.25, -0.2) is 0 Å². The second-order valence-corrected chi connectivity index (χ2v) is 4.85. The van der Waals surface area contributed by atoms with E-state index >= 15 is 0 Å². The fourth-order valence-corrected chi connectivity index (χ4v) is 1.55. The van der Waals surface area contributed by atoms with E-state index in [-0.39, 0.29) is 0 Å². The first kappa shape index (κ1) is 23.0. The number of rotatable bonds is 12. The molecule has 1 aromatic rings. The van der Waals surface area contributed by atoms with Crippen LogP contribution in [0, 0.1) is 60.7 Å². The zero-order chi connectivity index (χ0) is 23.3. The second kappa shape index (κ2) is 8.31. The molecule has 0 spiro atoms. The average Bonchev–Trinajstić information content (AvgIpc) is 2.62. The van der Waals surface area contributed by atoms with Gasteiger partial charge in [0.05, 0.1) is 0 Å². The van der Waals surface area contributed by atoms with Crippen molar-refractivity contribution >= 4 is 11.9 Å². The molecule has 2 N–H and O–H groups in total. The predicted molar refractivity (Wildman–Crippen MR) is 82.0 cm³/mol. The van der Waals surface area contributed by atoms with E-state index in [4.69, 9.17) is 0 Å². The van der Waals surface area contributed by atoms with Gasteiger partial charge in [0.25, 0.3) is 11.9 Å². The molecule has 0 bridgehead atoms. The van der Waals surface area contributed by atoms with Gasteiger partial charge in [0, 0.05) is 0 Å². The number of anilines is 2. The highest BCUT2D eigenvalue weighted by Crippen LogP contribution is 2.14. The van der Waals surface area contributed by atoms with Crippen molar-refractivity contribution < 1.29 is 29.5 Å². The molecule has 0 saturated carbocycles. The van der Waals surface area contributed by atoms with Gasteiger partial charge in [-0.2, -0.15) is 0 Å². The van der Waals surface area contributed by atoms with E-state index < -0.39 is 66.1 Å². The minimum absolute atomic E-state index is 0.820. The van der Waals surface area contributed by atoms with E-state index in [2.05, 4.69) is 20.4 Å². The minimum atomic E-state index is -3.90. The van der Waals surface area contributed by atoms with Crippen molar-refractivity contribution in [1.82, 2.24) is 20.4 Å². The van der Waals surface area contributed by atoms with Crippen LogP contribution in [0.15, 0.2) is 0 Å². The molecule has 0 atom stereocenters. The highest BCUT2D eigenvalue weighted by atomic mass is 16.7. The van der Waals surface area contributed by atoms with Crippen LogP contribution in [0.25, 0.3) is 0 Å². The fourth-order valence-electron chi connectivity index (χ4n) is 1.55. The Morgan fingerprint density at radius 1 is 0.533 bits per heavy atom. The third kappa shape index (κ3) is 3.94. The molecule has 0 aliphatic carbocycles. The maximum atomic E-state index is 10.8. The van der Waals surface area contributed by atoms with Gasteiger partial charge in [-0.15, -0.1) is 20.4 Å². The Morgan fingerprint density at radius 2 is 0.733 bits per heavy atom. The van der Waals surface area contributed by atoms with E-state index in [0.29, 0.717) is 0 Å². The van der Waals surface area contributed by atoms with E-state index in [1.54, 1.807) is 10.6 Å². The molecule has 0 aliphatic heterocycles. The highest BCUT2D eigenvalue weighted by Gasteiger charge is 2.71. The standard InChI is InChI=1S/C6H6N12O12/c19-13(20)5(14(21)22,15(23)24)1-7-3-9-11-4(12-10-3)8-2-6(16(25)26,17(27)28)18(29)30/h1-2H2,(H,7,9,10)(H,8,11,12). The molecule has 162 valence electrons. The molecule has 0 aliphatic rings. The van der Waals surface area contributed by atoms with Crippen LogP contribution in [0.3, 0.4) is 0 Å². The lowest BCUT2D eigenvalue weighted by Crippen LogP contribution is -2.58. The second-order valence-electron chi connectivity index (χ2n) is 4.85. The van der Waals surface area contributed by atoms with Crippen LogP contribution in [-0.4, -0.2) is 74.6 Å². The summed E-state index contributed by atoms with van der Waals surface area (Å²) in [6.07, 6.45) is 0. The van der Waals surface area contributed by atoms with Gasteiger partial charge in [0.15, 0.2) is 29.5 Å². The minimum Gasteiger partial charge on any atom is -0.331 e. The lowest BCUT2D eigenvalue weighted by atomic mass is 10.4. The molecule has 24 nitrogen and oxygen atoms in total. The third-order valence-corrected chi connectivity index (χ3v) is 3.20. The topological polar surface area (TPSA) is 334 Å². The van der Waals surface area contributed by atoms with Gasteiger partial charge in [0.1, 0.15) is 0 Å². The number of nitrogens with zero attached hydrogens (tertiary/aromatic N) is 10. The number of hydrogen-bond acceptors (Lipinski definition) is 18. The monoisotopic (exact) mass is 438 g/mol. The van der Waals surface area contributed by atoms with Crippen LogP contribution in [0.5, 0.6) is 0 Å². The summed E-state index contributed by atoms with van der Waals surface area (Å²) in [5.41, 5.74) is 0. The molecule has 0 saturated heterocycles. The zero-order valence-corrected chi connectivity index (χ0v) is 13.8. The van der Waals surface area contributed by atoms with Crippen molar-refractivity contribution in [3.8, 4) is 0 Å². The van der Waals surface area contributed by atoms with Crippen LogP contribution in [-0.2, 0) is 0 Å². The Bertz CT molecular complexity index is 754. The predicted octanol–water partition coefficient (Wildman–Crippen LogP) is -2.94. The molecule has 30 heavy (non-hydrogen) atoms. The molecule has 1 aromatic heterocycles. The van der Waals surface area contributed by atoms with Crippen molar-refractivity contribution in [3.05, 3.63) is 60.7 Å². The summed E-state index contributed by atoms with van der Waals surface area (Å²) >= 11 is 0. The highest BCUT2D eigenvalue weighted by molar-refractivity contribution is 5.25. The lowest BCUT2D eigenvalue weighted by Gasteiger charge is -2.10. The zero-order valence-electron chi connectivity index (χ0n) is 13.8. The first-order valence-electron chi connectivity index (χ1n) is 6.74. The van der Waals surface area contributed by atoms with Crippen LogP contribution in [0.4, 0.5) is 11.9 Å². The van der Waals surface area contributed by atoms with Gasteiger partial charge in [-0.3, -0.25) is 60.7 Å². The number of nitrogens with one attached hydrogen (secondary N) is 2. The summed E-state index contributed by atoms with van der Waals surface area (Å²) in [6.45, 7) is -3.10. The first-order valence-corrected chi connectivity index (χ1v) is 6.74. The summed E-state index contributed by atoms with van der Waals surface area (Å²) in [6, 6.07) is 0. The Hall–Kier alpha value is -5.06. The lowest BCUT2D eigenvalue weighted by molar-refractivity contribution is -0.965. The fraction of sp³-hybridized carbons (Fsp3) is 0.667. The molecule has 0 amide bonds. The number of nitro groups is 6. The smallest absolute Gasteiger partial charge is 0.331 e. The van der Waals surface area contributed by atoms with Gasteiger partial charge >= 0.3 is 11.6 Å². The SMILES string of the molecule is O=[N+]([O-])C(CNc1nnc(NCC([N+](=O)[O-])([N+](=O)[O-])[N+](=O)[O-])nn1)([N+](=O)[O-])[N+](=O)[O-]. The van der Waals surface area contributed by atoms with Crippen LogP contribution < -0.4 is 10.6 Å². The Morgan fingerprint density at radius 3 is 0.900 bits per heavy atom. The molecule has 0 fully saturated rings. The van der Waals surface area contributed by atoms with Crippen LogP contribution >= 0.6 is 0 Å². The molecule has 0 unspecified atom stereocenters. The van der Waals surface area contributed by atoms with Crippen molar-refractivity contribution in [2.75, 3.05) is 23.7 Å². The molecule has 24 heteroatoms. The van der Waals surface area contributed by atoms with Gasteiger partial charge < -0.3 is 10.6 Å². The van der Waals surface area contributed by atoms with Crippen LogP contribution in [0.1, 0.15) is 0 Å². The van der Waals surface area contributed by atoms with E-state index in [9.17, 15) is 60.7 Å². The van der Waals surface area contributed by atoms with Crippen molar-refractivity contribution in [3.63, 3.8) is 0 Å². The molecule has 0 radical (unpaired) electrons. The molecule has 1 rings (SSSR count). The maximum absolute atomic E-state index is 10.8. The van der Waals surface area contributed by atoms with E-state index in [1.807, 2.05) is 0 Å². The first-order chi connectivity index (χ1) is 13.8. The van der Waals surface area contributed by atoms with Gasteiger partial charge in [0.2, 0.25) is 13.1 Å². The Balaban J connectivity index is 2.97. The van der Waals surface area contributed by atoms with Crippen molar-refractivity contribution in [2.45, 2.75) is 11.6 Å². The van der Waals surface area contributed by atoms with Gasteiger partial charge in [-0.05, 0) is 0 Å². The van der Waals surface area contributed by atoms with Gasteiger partial charge in [-0.1, -0.05) is 0 Å². The summed E-state index contributed by atoms with van der Waals surface area (Å²) in [5, 5.41) is 80.6. The van der Waals surface area contributed by atoms with Crippen LogP contribution in [0.2, 0.25) is 0 Å². The van der Waals surface area contributed by atoms with E-state index in [0.717, 1.165) is 0 Å². The molecule has 0 aromatic carbocycles. The average molecular weight is 438 g/mol. The third-order valence-electron chi connectivity index (χ3n) is 3.20.